The van der Waals surface area contributed by atoms with E-state index in [1.807, 2.05) is 11.3 Å². The highest BCUT2D eigenvalue weighted by Crippen LogP contribution is 2.41. The average Bonchev–Trinajstić information content (AvgIpc) is 3.40. The third kappa shape index (κ3) is 4.58. The molecule has 0 spiro atoms. The predicted octanol–water partition coefficient (Wildman–Crippen LogP) is 2.88. The number of anilines is 1. The second-order valence-corrected chi connectivity index (χ2v) is 8.76. The molecule has 0 bridgehead atoms. The summed E-state index contributed by atoms with van der Waals surface area (Å²) in [6.45, 7) is 4.13. The Bertz CT molecular complexity index is 728. The fourth-order valence-corrected chi connectivity index (χ4v) is 4.84. The molecule has 1 aliphatic heterocycles. The lowest BCUT2D eigenvalue weighted by Gasteiger charge is -2.26. The molecule has 7 heteroatoms. The van der Waals surface area contributed by atoms with Gasteiger partial charge in [-0.1, -0.05) is 0 Å². The smallest absolute Gasteiger partial charge is 0.144 e. The number of aromatic nitrogens is 3. The zero-order valence-corrected chi connectivity index (χ0v) is 16.3. The first-order valence-corrected chi connectivity index (χ1v) is 10.4. The van der Waals surface area contributed by atoms with Crippen LogP contribution in [0.2, 0.25) is 0 Å². The quantitative estimate of drug-likeness (QED) is 0.841. The largest absolute Gasteiger partial charge is 0.384 e. The molecule has 1 saturated heterocycles. The number of hydrogen-bond donors (Lipinski definition) is 1. The van der Waals surface area contributed by atoms with E-state index in [9.17, 15) is 0 Å². The highest BCUT2D eigenvalue weighted by atomic mass is 32.1. The summed E-state index contributed by atoms with van der Waals surface area (Å²) in [7, 11) is 2.18. The van der Waals surface area contributed by atoms with Gasteiger partial charge in [-0.15, -0.1) is 11.3 Å². The van der Waals surface area contributed by atoms with Crippen molar-refractivity contribution in [3.8, 4) is 0 Å². The number of likely N-dealkylation sites (tertiary alicyclic amines) is 1. The summed E-state index contributed by atoms with van der Waals surface area (Å²) >= 11 is 1.92. The predicted molar refractivity (Wildman–Crippen MR) is 105 cm³/mol. The van der Waals surface area contributed by atoms with Crippen LogP contribution in [0.5, 0.6) is 0 Å². The minimum absolute atomic E-state index is 0.547. The molecule has 1 saturated carbocycles. The first kappa shape index (κ1) is 17.8. The zero-order valence-electron chi connectivity index (χ0n) is 15.5. The van der Waals surface area contributed by atoms with Crippen molar-refractivity contribution in [3.05, 3.63) is 34.2 Å². The van der Waals surface area contributed by atoms with E-state index in [-0.39, 0.29) is 0 Å². The fraction of sp³-hybridized carbons (Fsp3) is 0.632. The van der Waals surface area contributed by atoms with Crippen molar-refractivity contribution in [2.24, 2.45) is 0 Å². The maximum absolute atomic E-state index is 5.77. The van der Waals surface area contributed by atoms with Gasteiger partial charge in [-0.2, -0.15) is 0 Å². The topological polar surface area (TPSA) is 71.2 Å². The van der Waals surface area contributed by atoms with Crippen LogP contribution in [-0.4, -0.2) is 50.9 Å². The molecule has 0 unspecified atom stereocenters. The number of nitrogens with two attached hydrogens (primary N) is 1. The summed E-state index contributed by atoms with van der Waals surface area (Å²) in [5.74, 6) is 2.13. The van der Waals surface area contributed by atoms with E-state index in [1.54, 1.807) is 12.3 Å². The van der Waals surface area contributed by atoms with Crippen molar-refractivity contribution >= 4 is 17.2 Å². The van der Waals surface area contributed by atoms with E-state index in [0.717, 1.165) is 31.4 Å². The van der Waals surface area contributed by atoms with Gasteiger partial charge < -0.3 is 5.73 Å². The third-order valence-corrected chi connectivity index (χ3v) is 6.55. The Hall–Kier alpha value is -1.57. The molecule has 4 rings (SSSR count). The van der Waals surface area contributed by atoms with E-state index in [1.165, 1.54) is 48.5 Å². The summed E-state index contributed by atoms with van der Waals surface area (Å²) in [5, 5.41) is 1.36. The molecule has 2 aromatic rings. The van der Waals surface area contributed by atoms with Gasteiger partial charge in [-0.25, -0.2) is 15.0 Å². The minimum atomic E-state index is 0.547. The van der Waals surface area contributed by atoms with E-state index in [2.05, 4.69) is 38.0 Å². The van der Waals surface area contributed by atoms with Crippen molar-refractivity contribution in [2.75, 3.05) is 25.9 Å². The lowest BCUT2D eigenvalue weighted by Crippen LogP contribution is -2.33. The summed E-state index contributed by atoms with van der Waals surface area (Å²) in [6, 6.07) is 2.31. The molecule has 26 heavy (non-hydrogen) atoms. The van der Waals surface area contributed by atoms with Gasteiger partial charge in [-0.05, 0) is 51.8 Å². The van der Waals surface area contributed by atoms with Crippen LogP contribution in [0, 0.1) is 0 Å². The summed E-state index contributed by atoms with van der Waals surface area (Å²) in [6.07, 6.45) is 10.2. The summed E-state index contributed by atoms with van der Waals surface area (Å²) < 4.78 is 0. The molecule has 2 N–H and O–H groups in total. The Morgan fingerprint density at radius 1 is 1.23 bits per heavy atom. The highest BCUT2D eigenvalue weighted by molar-refractivity contribution is 7.11. The molecular weight excluding hydrogens is 344 g/mol. The zero-order chi connectivity index (χ0) is 17.9. The van der Waals surface area contributed by atoms with Crippen LogP contribution < -0.4 is 5.73 Å². The Labute approximate surface area is 159 Å². The molecule has 140 valence electrons. The molecule has 1 aliphatic carbocycles. The van der Waals surface area contributed by atoms with Crippen LogP contribution in [0.3, 0.4) is 0 Å². The Morgan fingerprint density at radius 2 is 2.12 bits per heavy atom. The molecule has 2 aromatic heterocycles. The lowest BCUT2D eigenvalue weighted by molar-refractivity contribution is 0.202. The summed E-state index contributed by atoms with van der Waals surface area (Å²) in [5.41, 5.74) is 5.77. The fourth-order valence-electron chi connectivity index (χ4n) is 3.72. The van der Waals surface area contributed by atoms with Crippen molar-refractivity contribution in [2.45, 2.75) is 57.2 Å². The first-order chi connectivity index (χ1) is 12.7. The second kappa shape index (κ2) is 7.98. The Kier molecular flexibility index (Phi) is 5.47. The maximum Gasteiger partial charge on any atom is 0.144 e. The van der Waals surface area contributed by atoms with E-state index in [0.29, 0.717) is 11.9 Å². The van der Waals surface area contributed by atoms with Gasteiger partial charge in [-0.3, -0.25) is 9.80 Å². The van der Waals surface area contributed by atoms with Crippen LogP contribution in [0.1, 0.15) is 53.7 Å². The standard InChI is InChI=1S/C19H28N6S/c1-24(13-18-21-8-6-17(20)23-18)15-3-2-9-25(10-7-15)12-16-11-22-19(26-16)14-4-5-14/h6,8,11,14-15H,2-5,7,9-10,12-13H2,1H3,(H2,20,21,23)/t15-/m1/s1. The number of hydrogen-bond acceptors (Lipinski definition) is 7. The number of nitrogens with zero attached hydrogens (tertiary/aromatic N) is 5. The highest BCUT2D eigenvalue weighted by Gasteiger charge is 2.27. The van der Waals surface area contributed by atoms with Gasteiger partial charge in [0.25, 0.3) is 0 Å². The van der Waals surface area contributed by atoms with Gasteiger partial charge in [0.15, 0.2) is 0 Å². The molecule has 1 atom stereocenters. The van der Waals surface area contributed by atoms with Gasteiger partial charge in [0, 0.05) is 42.3 Å². The SMILES string of the molecule is CN(Cc1nccc(N)n1)[C@@H]1CCCN(Cc2cnc(C3CC3)s2)CC1. The molecule has 0 radical (unpaired) electrons. The van der Waals surface area contributed by atoms with Crippen LogP contribution >= 0.6 is 11.3 Å². The molecule has 0 aromatic carbocycles. The normalized spacial score (nSPS) is 21.8. The van der Waals surface area contributed by atoms with Crippen molar-refractivity contribution in [1.29, 1.82) is 0 Å². The molecular formula is C19H28N6S. The minimum Gasteiger partial charge on any atom is -0.384 e. The Morgan fingerprint density at radius 3 is 2.92 bits per heavy atom. The number of rotatable bonds is 6. The number of thiazole rings is 1. The molecule has 6 nitrogen and oxygen atoms in total. The van der Waals surface area contributed by atoms with Gasteiger partial charge in [0.1, 0.15) is 11.6 Å². The molecule has 0 amide bonds. The Balaban J connectivity index is 1.29. The summed E-state index contributed by atoms with van der Waals surface area (Å²) in [4.78, 5) is 19.7. The average molecular weight is 373 g/mol. The van der Waals surface area contributed by atoms with Crippen molar-refractivity contribution in [1.82, 2.24) is 24.8 Å². The van der Waals surface area contributed by atoms with Crippen LogP contribution in [0.15, 0.2) is 18.5 Å². The molecule has 3 heterocycles. The van der Waals surface area contributed by atoms with Gasteiger partial charge in [0.05, 0.1) is 11.6 Å². The molecule has 2 aliphatic rings. The lowest BCUT2D eigenvalue weighted by atomic mass is 10.1. The first-order valence-electron chi connectivity index (χ1n) is 9.62. The van der Waals surface area contributed by atoms with Gasteiger partial charge in [0.2, 0.25) is 0 Å². The van der Waals surface area contributed by atoms with E-state index < -0.39 is 0 Å². The second-order valence-electron chi connectivity index (χ2n) is 7.61. The van der Waals surface area contributed by atoms with Crippen LogP contribution in [0.25, 0.3) is 0 Å². The third-order valence-electron chi connectivity index (χ3n) is 5.41. The van der Waals surface area contributed by atoms with Crippen molar-refractivity contribution < 1.29 is 0 Å². The maximum atomic E-state index is 5.77. The van der Waals surface area contributed by atoms with Gasteiger partial charge >= 0.3 is 0 Å². The molecule has 2 fully saturated rings. The van der Waals surface area contributed by atoms with E-state index in [4.69, 9.17) is 5.73 Å². The number of nitrogen functional groups attached to an aromatic ring is 1. The monoisotopic (exact) mass is 372 g/mol. The van der Waals surface area contributed by atoms with Crippen molar-refractivity contribution in [3.63, 3.8) is 0 Å². The van der Waals surface area contributed by atoms with E-state index >= 15 is 0 Å². The van der Waals surface area contributed by atoms with Crippen LogP contribution in [-0.2, 0) is 13.1 Å². The van der Waals surface area contributed by atoms with Crippen LogP contribution in [0.4, 0.5) is 5.82 Å².